The molecule has 0 amide bonds. The molecule has 29 heavy (non-hydrogen) atoms. The van der Waals surface area contributed by atoms with E-state index in [1.54, 1.807) is 13.0 Å². The van der Waals surface area contributed by atoms with Gasteiger partial charge in [-0.2, -0.15) is 10.5 Å². The minimum absolute atomic E-state index is 0.236. The van der Waals surface area contributed by atoms with Crippen molar-refractivity contribution in [1.82, 2.24) is 0 Å². The van der Waals surface area contributed by atoms with Crippen molar-refractivity contribution in [1.29, 1.82) is 10.5 Å². The Balaban J connectivity index is 2.13. The number of hydrogen-bond donors (Lipinski definition) is 0. The van der Waals surface area contributed by atoms with Gasteiger partial charge in [-0.05, 0) is 24.5 Å². The van der Waals surface area contributed by atoms with Gasteiger partial charge in [0.25, 0.3) is 0 Å². The lowest BCUT2D eigenvalue weighted by atomic mass is 9.59. The SMILES string of the molecule is CCOC(=O)C1=CCC(c2ccccc2)C(C#N)(C#N)C1/C=C/c1ccccc1. The van der Waals surface area contributed by atoms with Crippen molar-refractivity contribution in [2.75, 3.05) is 6.61 Å². The third kappa shape index (κ3) is 3.98. The van der Waals surface area contributed by atoms with Gasteiger partial charge < -0.3 is 4.74 Å². The topological polar surface area (TPSA) is 73.9 Å². The summed E-state index contributed by atoms with van der Waals surface area (Å²) in [6.45, 7) is 1.98. The summed E-state index contributed by atoms with van der Waals surface area (Å²) in [5.41, 5.74) is 0.799. The first-order valence-electron chi connectivity index (χ1n) is 9.64. The lowest BCUT2D eigenvalue weighted by Gasteiger charge is -2.38. The van der Waals surface area contributed by atoms with Crippen LogP contribution in [0.4, 0.5) is 0 Å². The molecule has 0 saturated heterocycles. The first-order chi connectivity index (χ1) is 14.2. The standard InChI is InChI=1S/C25H22N2O2/c1-2-29-24(28)21-14-16-22(20-11-7-4-8-12-20)25(17-26,18-27)23(21)15-13-19-9-5-3-6-10-19/h3-15,22-23H,2,16H2,1H3/b15-13+. The summed E-state index contributed by atoms with van der Waals surface area (Å²) in [4.78, 5) is 12.6. The van der Waals surface area contributed by atoms with Crippen molar-refractivity contribution in [2.24, 2.45) is 11.3 Å². The molecule has 1 aliphatic carbocycles. The first-order valence-corrected chi connectivity index (χ1v) is 9.64. The molecule has 0 saturated carbocycles. The molecule has 2 atom stereocenters. The van der Waals surface area contributed by atoms with E-state index in [4.69, 9.17) is 4.74 Å². The van der Waals surface area contributed by atoms with Crippen molar-refractivity contribution < 1.29 is 9.53 Å². The molecule has 2 aromatic rings. The van der Waals surface area contributed by atoms with E-state index in [2.05, 4.69) is 12.1 Å². The summed E-state index contributed by atoms with van der Waals surface area (Å²) in [6.07, 6.45) is 5.89. The maximum atomic E-state index is 12.6. The van der Waals surface area contributed by atoms with Gasteiger partial charge in [-0.1, -0.05) is 78.9 Å². The van der Waals surface area contributed by atoms with Crippen molar-refractivity contribution >= 4 is 12.0 Å². The molecule has 4 nitrogen and oxygen atoms in total. The van der Waals surface area contributed by atoms with Crippen molar-refractivity contribution in [3.05, 3.63) is 89.5 Å². The highest BCUT2D eigenvalue weighted by atomic mass is 16.5. The fraction of sp³-hybridized carbons (Fsp3) is 0.240. The third-order valence-electron chi connectivity index (χ3n) is 5.31. The second-order valence-corrected chi connectivity index (χ2v) is 6.92. The highest BCUT2D eigenvalue weighted by Crippen LogP contribution is 2.51. The Morgan fingerprint density at radius 3 is 2.31 bits per heavy atom. The molecular formula is C25H22N2O2. The zero-order valence-corrected chi connectivity index (χ0v) is 16.3. The van der Waals surface area contributed by atoms with Gasteiger partial charge in [-0.15, -0.1) is 0 Å². The van der Waals surface area contributed by atoms with Crippen LogP contribution in [-0.2, 0) is 9.53 Å². The zero-order chi connectivity index (χ0) is 20.7. The number of esters is 1. The van der Waals surface area contributed by atoms with Crippen LogP contribution in [0.2, 0.25) is 0 Å². The van der Waals surface area contributed by atoms with Crippen LogP contribution in [0.25, 0.3) is 6.08 Å². The van der Waals surface area contributed by atoms with E-state index in [-0.39, 0.29) is 12.5 Å². The number of ether oxygens (including phenoxy) is 1. The molecule has 0 fully saturated rings. The van der Waals surface area contributed by atoms with Crippen LogP contribution in [0.1, 0.15) is 30.4 Å². The fourth-order valence-corrected chi connectivity index (χ4v) is 3.88. The Morgan fingerprint density at radius 2 is 1.72 bits per heavy atom. The smallest absolute Gasteiger partial charge is 0.334 e. The van der Waals surface area contributed by atoms with Gasteiger partial charge in [0, 0.05) is 17.4 Å². The summed E-state index contributed by atoms with van der Waals surface area (Å²) in [7, 11) is 0. The van der Waals surface area contributed by atoms with Crippen LogP contribution in [0.15, 0.2) is 78.4 Å². The largest absolute Gasteiger partial charge is 0.463 e. The quantitative estimate of drug-likeness (QED) is 0.680. The highest BCUT2D eigenvalue weighted by Gasteiger charge is 2.51. The Kier molecular flexibility index (Phi) is 6.27. The second kappa shape index (κ2) is 9.04. The van der Waals surface area contributed by atoms with E-state index < -0.39 is 17.3 Å². The molecule has 0 aliphatic heterocycles. The number of nitrogens with zero attached hydrogens (tertiary/aromatic N) is 2. The van der Waals surface area contributed by atoms with Crippen molar-refractivity contribution in [2.45, 2.75) is 19.3 Å². The monoisotopic (exact) mass is 382 g/mol. The molecule has 0 bridgehead atoms. The summed E-state index contributed by atoms with van der Waals surface area (Å²) < 4.78 is 5.23. The molecule has 0 radical (unpaired) electrons. The van der Waals surface area contributed by atoms with Crippen molar-refractivity contribution in [3.63, 3.8) is 0 Å². The number of benzene rings is 2. The van der Waals surface area contributed by atoms with Crippen molar-refractivity contribution in [3.8, 4) is 12.1 Å². The van der Waals surface area contributed by atoms with Gasteiger partial charge in [0.15, 0.2) is 5.41 Å². The van der Waals surface area contributed by atoms with E-state index in [0.717, 1.165) is 11.1 Å². The van der Waals surface area contributed by atoms with E-state index in [9.17, 15) is 15.3 Å². The van der Waals surface area contributed by atoms with E-state index >= 15 is 0 Å². The number of hydrogen-bond acceptors (Lipinski definition) is 4. The normalized spacial score (nSPS) is 20.3. The van der Waals surface area contributed by atoms with Crippen LogP contribution >= 0.6 is 0 Å². The molecule has 1 aliphatic rings. The lowest BCUT2D eigenvalue weighted by Crippen LogP contribution is -2.39. The molecule has 3 rings (SSSR count). The number of rotatable bonds is 5. The van der Waals surface area contributed by atoms with Gasteiger partial charge in [-0.3, -0.25) is 0 Å². The van der Waals surface area contributed by atoms with Crippen LogP contribution in [-0.4, -0.2) is 12.6 Å². The van der Waals surface area contributed by atoms with Crippen LogP contribution in [0.5, 0.6) is 0 Å². The highest BCUT2D eigenvalue weighted by molar-refractivity contribution is 5.90. The molecule has 0 heterocycles. The molecule has 2 unspecified atom stereocenters. The van der Waals surface area contributed by atoms with Gasteiger partial charge in [0.05, 0.1) is 18.7 Å². The molecule has 0 spiro atoms. The average molecular weight is 382 g/mol. The molecule has 0 aromatic heterocycles. The Morgan fingerprint density at radius 1 is 1.10 bits per heavy atom. The number of nitriles is 2. The van der Waals surface area contributed by atoms with E-state index in [0.29, 0.717) is 12.0 Å². The third-order valence-corrected chi connectivity index (χ3v) is 5.31. The Bertz CT molecular complexity index is 981. The fourth-order valence-electron chi connectivity index (χ4n) is 3.88. The number of carbonyl (C=O) groups excluding carboxylic acids is 1. The maximum Gasteiger partial charge on any atom is 0.334 e. The summed E-state index contributed by atoms with van der Waals surface area (Å²) in [5.74, 6) is -1.52. The minimum Gasteiger partial charge on any atom is -0.463 e. The molecular weight excluding hydrogens is 360 g/mol. The summed E-state index contributed by atoms with van der Waals surface area (Å²) >= 11 is 0. The Hall–Kier alpha value is -3.63. The molecule has 4 heteroatoms. The summed E-state index contributed by atoms with van der Waals surface area (Å²) in [5, 5.41) is 20.4. The van der Waals surface area contributed by atoms with Crippen LogP contribution in [0.3, 0.4) is 0 Å². The molecule has 0 N–H and O–H groups in total. The minimum atomic E-state index is -1.41. The number of carbonyl (C=O) groups is 1. The van der Waals surface area contributed by atoms with Gasteiger partial charge in [-0.25, -0.2) is 4.79 Å². The van der Waals surface area contributed by atoms with Gasteiger partial charge >= 0.3 is 5.97 Å². The zero-order valence-electron chi connectivity index (χ0n) is 16.3. The summed E-state index contributed by atoms with van der Waals surface area (Å²) in [6, 6.07) is 23.7. The van der Waals surface area contributed by atoms with Crippen LogP contribution < -0.4 is 0 Å². The van der Waals surface area contributed by atoms with Gasteiger partial charge in [0.2, 0.25) is 0 Å². The lowest BCUT2D eigenvalue weighted by molar-refractivity contribution is -0.139. The predicted molar refractivity (Wildman–Crippen MR) is 111 cm³/mol. The predicted octanol–water partition coefficient (Wildman–Crippen LogP) is 5.03. The van der Waals surface area contributed by atoms with E-state index in [1.807, 2.05) is 72.8 Å². The number of allylic oxidation sites excluding steroid dienone is 2. The van der Waals surface area contributed by atoms with Crippen LogP contribution in [0, 0.1) is 34.0 Å². The van der Waals surface area contributed by atoms with E-state index in [1.165, 1.54) is 0 Å². The maximum absolute atomic E-state index is 12.6. The second-order valence-electron chi connectivity index (χ2n) is 6.92. The molecule has 144 valence electrons. The Labute approximate surface area is 171 Å². The van der Waals surface area contributed by atoms with Gasteiger partial charge in [0.1, 0.15) is 0 Å². The average Bonchev–Trinajstić information content (AvgIpc) is 2.78. The first kappa shape index (κ1) is 20.1. The molecule has 2 aromatic carbocycles.